The second kappa shape index (κ2) is 4.11. The molecule has 0 radical (unpaired) electrons. The zero-order valence-electron chi connectivity index (χ0n) is 13.6. The predicted molar refractivity (Wildman–Crippen MR) is 84.9 cm³/mol. The van der Waals surface area contributed by atoms with E-state index < -0.39 is 0 Å². The number of fused-ring (bicyclic) bond motifs is 5. The van der Waals surface area contributed by atoms with Crippen LogP contribution in [0.25, 0.3) is 0 Å². The van der Waals surface area contributed by atoms with E-state index in [0.717, 1.165) is 53.9 Å². The first kappa shape index (κ1) is 12.8. The summed E-state index contributed by atoms with van der Waals surface area (Å²) in [6, 6.07) is 0. The zero-order valence-corrected chi connectivity index (χ0v) is 13.6. The van der Waals surface area contributed by atoms with Crippen LogP contribution in [-0.2, 0) is 4.79 Å². The van der Waals surface area contributed by atoms with Gasteiger partial charge < -0.3 is 5.32 Å². The van der Waals surface area contributed by atoms with E-state index in [-0.39, 0.29) is 5.41 Å². The van der Waals surface area contributed by atoms with Gasteiger partial charge in [-0.1, -0.05) is 0 Å². The molecule has 0 aromatic carbocycles. The summed E-state index contributed by atoms with van der Waals surface area (Å²) in [6.07, 6.45) is 12.4. The van der Waals surface area contributed by atoms with Gasteiger partial charge in [0.2, 0.25) is 5.91 Å². The molecule has 7 fully saturated rings. The lowest BCUT2D eigenvalue weighted by molar-refractivity contribution is -0.146. The third-order valence-corrected chi connectivity index (χ3v) is 8.88. The molecule has 0 saturated heterocycles. The van der Waals surface area contributed by atoms with Crippen molar-refractivity contribution in [2.24, 2.45) is 52.8 Å². The predicted octanol–water partition coefficient (Wildman–Crippen LogP) is 3.61. The maximum absolute atomic E-state index is 13.0. The van der Waals surface area contributed by atoms with Crippen molar-refractivity contribution in [1.82, 2.24) is 5.32 Å². The Bertz CT molecular complexity index is 491. The van der Waals surface area contributed by atoms with Crippen LogP contribution in [-0.4, -0.2) is 12.5 Å². The molecule has 22 heavy (non-hydrogen) atoms. The van der Waals surface area contributed by atoms with Crippen LogP contribution in [0.4, 0.5) is 0 Å². The highest BCUT2D eigenvalue weighted by Gasteiger charge is 2.61. The highest BCUT2D eigenvalue weighted by Crippen LogP contribution is 2.67. The van der Waals surface area contributed by atoms with E-state index in [2.05, 4.69) is 5.32 Å². The lowest BCUT2D eigenvalue weighted by Gasteiger charge is -2.55. The Balaban J connectivity index is 1.14. The number of amides is 1. The van der Waals surface area contributed by atoms with E-state index in [1.54, 1.807) is 0 Å². The van der Waals surface area contributed by atoms with Crippen LogP contribution in [0.2, 0.25) is 0 Å². The Kier molecular flexibility index (Phi) is 2.40. The van der Waals surface area contributed by atoms with Crippen molar-refractivity contribution in [3.8, 4) is 0 Å². The molecule has 0 aromatic heterocycles. The highest BCUT2D eigenvalue weighted by molar-refractivity contribution is 5.83. The molecule has 1 N–H and O–H groups in total. The van der Waals surface area contributed by atoms with Gasteiger partial charge in [-0.3, -0.25) is 4.79 Å². The van der Waals surface area contributed by atoms with Gasteiger partial charge in [0.1, 0.15) is 0 Å². The summed E-state index contributed by atoms with van der Waals surface area (Å²) in [5.74, 6) is 8.13. The molecule has 1 amide bonds. The molecule has 0 heterocycles. The summed E-state index contributed by atoms with van der Waals surface area (Å²) in [4.78, 5) is 13.0. The molecule has 7 saturated carbocycles. The quantitative estimate of drug-likeness (QED) is 0.847. The molecular weight excluding hydrogens is 270 g/mol. The maximum atomic E-state index is 13.0. The van der Waals surface area contributed by atoms with Gasteiger partial charge >= 0.3 is 0 Å². The monoisotopic (exact) mass is 299 g/mol. The summed E-state index contributed by atoms with van der Waals surface area (Å²) in [5, 5.41) is 3.47. The van der Waals surface area contributed by atoms with Crippen molar-refractivity contribution in [1.29, 1.82) is 0 Å². The van der Waals surface area contributed by atoms with Crippen LogP contribution in [0.3, 0.4) is 0 Å². The first-order valence-corrected chi connectivity index (χ1v) is 9.98. The molecule has 2 nitrogen and oxygen atoms in total. The third-order valence-electron chi connectivity index (χ3n) is 8.88. The number of hydrogen-bond donors (Lipinski definition) is 1. The molecular formula is C20H29NO. The molecule has 0 unspecified atom stereocenters. The molecule has 0 spiro atoms. The van der Waals surface area contributed by atoms with Gasteiger partial charge in [-0.25, -0.2) is 0 Å². The van der Waals surface area contributed by atoms with Gasteiger partial charge in [0.05, 0.1) is 0 Å². The third kappa shape index (κ3) is 1.65. The second-order valence-electron chi connectivity index (χ2n) is 10.1. The Labute approximate surface area is 133 Å². The first-order valence-electron chi connectivity index (χ1n) is 9.98. The zero-order chi connectivity index (χ0) is 14.5. The summed E-state index contributed by atoms with van der Waals surface area (Å²) >= 11 is 0. The SMILES string of the molecule is O=C(NC[C@H]1C[C@H]2C[C@@H]1[C@@H]1C[C@H]21)C12CC3CC(CC(C3)C1)C2. The first-order chi connectivity index (χ1) is 10.7. The number of carbonyl (C=O) groups is 1. The largest absolute Gasteiger partial charge is 0.355 e. The van der Waals surface area contributed by atoms with Crippen molar-refractivity contribution in [3.63, 3.8) is 0 Å². The molecule has 6 bridgehead atoms. The Morgan fingerprint density at radius 1 is 0.818 bits per heavy atom. The molecule has 7 rings (SSSR count). The normalized spacial score (nSPS) is 59.6. The molecule has 5 atom stereocenters. The van der Waals surface area contributed by atoms with Gasteiger partial charge in [-0.15, -0.1) is 0 Å². The number of nitrogens with one attached hydrogen (secondary N) is 1. The van der Waals surface area contributed by atoms with Gasteiger partial charge in [-0.05, 0) is 105 Å². The molecule has 0 aliphatic heterocycles. The van der Waals surface area contributed by atoms with Crippen molar-refractivity contribution in [2.45, 2.75) is 57.8 Å². The van der Waals surface area contributed by atoms with Crippen molar-refractivity contribution >= 4 is 5.91 Å². The van der Waals surface area contributed by atoms with E-state index in [9.17, 15) is 4.79 Å². The van der Waals surface area contributed by atoms with Crippen LogP contribution < -0.4 is 5.32 Å². The van der Waals surface area contributed by atoms with E-state index in [1.807, 2.05) is 0 Å². The molecule has 2 heteroatoms. The van der Waals surface area contributed by atoms with Gasteiger partial charge in [0.25, 0.3) is 0 Å². The Morgan fingerprint density at radius 2 is 1.50 bits per heavy atom. The number of rotatable bonds is 3. The standard InChI is InChI=1S/C20H29NO/c22-19(20-7-11-1-12(8-20)3-13(2-11)9-20)21-10-15-4-14-5-16(15)18-6-17(14)18/h11-18H,1-10H2,(H,21,22)/t11?,12?,13?,14-,15+,16-,17+,18-,20?/m0/s1. The van der Waals surface area contributed by atoms with E-state index >= 15 is 0 Å². The summed E-state index contributed by atoms with van der Waals surface area (Å²) in [6.45, 7) is 1.00. The average Bonchev–Trinajstić information content (AvgIpc) is 3.09. The fourth-order valence-corrected chi connectivity index (χ4v) is 8.38. The van der Waals surface area contributed by atoms with E-state index in [1.165, 1.54) is 57.8 Å². The fraction of sp³-hybridized carbons (Fsp3) is 0.950. The smallest absolute Gasteiger partial charge is 0.226 e. The lowest BCUT2D eigenvalue weighted by Crippen LogP contribution is -2.54. The molecule has 0 aromatic rings. The molecule has 120 valence electrons. The van der Waals surface area contributed by atoms with Crippen LogP contribution >= 0.6 is 0 Å². The van der Waals surface area contributed by atoms with Crippen molar-refractivity contribution < 1.29 is 4.79 Å². The second-order valence-corrected chi connectivity index (χ2v) is 10.1. The molecule has 7 aliphatic rings. The number of carbonyl (C=O) groups excluding carboxylic acids is 1. The highest BCUT2D eigenvalue weighted by atomic mass is 16.2. The van der Waals surface area contributed by atoms with Crippen molar-refractivity contribution in [2.75, 3.05) is 6.54 Å². The fourth-order valence-electron chi connectivity index (χ4n) is 8.38. The Hall–Kier alpha value is -0.530. The summed E-state index contributed by atoms with van der Waals surface area (Å²) in [7, 11) is 0. The Morgan fingerprint density at radius 3 is 2.09 bits per heavy atom. The van der Waals surface area contributed by atoms with E-state index in [4.69, 9.17) is 0 Å². The van der Waals surface area contributed by atoms with Gasteiger partial charge in [-0.2, -0.15) is 0 Å². The van der Waals surface area contributed by atoms with Crippen LogP contribution in [0.5, 0.6) is 0 Å². The minimum absolute atomic E-state index is 0.0640. The summed E-state index contributed by atoms with van der Waals surface area (Å²) in [5.41, 5.74) is 0.0640. The van der Waals surface area contributed by atoms with Gasteiger partial charge in [0.15, 0.2) is 0 Å². The van der Waals surface area contributed by atoms with Gasteiger partial charge in [0, 0.05) is 12.0 Å². The van der Waals surface area contributed by atoms with Crippen LogP contribution in [0.1, 0.15) is 57.8 Å². The van der Waals surface area contributed by atoms with E-state index in [0.29, 0.717) is 5.91 Å². The van der Waals surface area contributed by atoms with Crippen molar-refractivity contribution in [3.05, 3.63) is 0 Å². The summed E-state index contributed by atoms with van der Waals surface area (Å²) < 4.78 is 0. The maximum Gasteiger partial charge on any atom is 0.226 e. The minimum atomic E-state index is 0.0640. The number of hydrogen-bond acceptors (Lipinski definition) is 1. The average molecular weight is 299 g/mol. The topological polar surface area (TPSA) is 29.1 Å². The lowest BCUT2D eigenvalue weighted by atomic mass is 9.49. The molecule has 7 aliphatic carbocycles. The van der Waals surface area contributed by atoms with Crippen LogP contribution in [0.15, 0.2) is 0 Å². The minimum Gasteiger partial charge on any atom is -0.355 e. The van der Waals surface area contributed by atoms with Crippen LogP contribution in [0, 0.1) is 52.8 Å².